The molecule has 0 aliphatic heterocycles. The molecule has 0 bridgehead atoms. The monoisotopic (exact) mass is 309 g/mol. The number of sulfone groups is 1. The number of hydrogen-bond acceptors (Lipinski definition) is 3. The quantitative estimate of drug-likeness (QED) is 0.859. The number of rotatable bonds is 4. The Kier molecular flexibility index (Phi) is 3.91. The number of nitrogens with zero attached hydrogens (tertiary/aromatic N) is 1. The van der Waals surface area contributed by atoms with Gasteiger partial charge in [-0.25, -0.2) is 8.42 Å². The van der Waals surface area contributed by atoms with Crippen LogP contribution in [0.5, 0.6) is 0 Å². The zero-order chi connectivity index (χ0) is 16.0. The Morgan fingerprint density at radius 1 is 1.14 bits per heavy atom. The van der Waals surface area contributed by atoms with Crippen LogP contribution in [0.4, 0.5) is 5.69 Å². The summed E-state index contributed by atoms with van der Waals surface area (Å²) in [4.78, 5) is 14.2. The molecular formula is C16H23NO3S. The fraction of sp³-hybridized carbons (Fsp3) is 0.562. The smallest absolute Gasteiger partial charge is 0.247 e. The molecule has 21 heavy (non-hydrogen) atoms. The van der Waals surface area contributed by atoms with Crippen LogP contribution in [0.3, 0.4) is 0 Å². The molecule has 116 valence electrons. The van der Waals surface area contributed by atoms with Gasteiger partial charge in [-0.15, -0.1) is 0 Å². The van der Waals surface area contributed by atoms with Crippen LogP contribution in [0.1, 0.15) is 37.8 Å². The van der Waals surface area contributed by atoms with Gasteiger partial charge in [0.25, 0.3) is 0 Å². The lowest BCUT2D eigenvalue weighted by molar-refractivity contribution is -0.120. The Morgan fingerprint density at radius 2 is 1.62 bits per heavy atom. The first-order valence-corrected chi connectivity index (χ1v) is 8.72. The second-order valence-electron chi connectivity index (χ2n) is 6.46. The van der Waals surface area contributed by atoms with E-state index >= 15 is 0 Å². The number of carbonyl (C=O) groups is 1. The Bertz CT molecular complexity index is 653. The molecular weight excluding hydrogens is 286 g/mol. The molecule has 0 unspecified atom stereocenters. The highest BCUT2D eigenvalue weighted by atomic mass is 32.2. The summed E-state index contributed by atoms with van der Waals surface area (Å²) in [5.74, 6) is -0.376. The predicted octanol–water partition coefficient (Wildman–Crippen LogP) is 2.62. The number of hydrogen-bond donors (Lipinski definition) is 0. The maximum atomic E-state index is 12.7. The number of anilines is 1. The van der Waals surface area contributed by atoms with Crippen molar-refractivity contribution in [2.45, 2.75) is 50.5 Å². The van der Waals surface area contributed by atoms with E-state index in [9.17, 15) is 13.2 Å². The number of carbonyl (C=O) groups excluding carboxylic acids is 1. The van der Waals surface area contributed by atoms with Gasteiger partial charge < -0.3 is 4.90 Å². The molecule has 0 heterocycles. The molecule has 0 N–H and O–H groups in total. The van der Waals surface area contributed by atoms with Gasteiger partial charge in [0.15, 0.2) is 9.84 Å². The highest BCUT2D eigenvalue weighted by Crippen LogP contribution is 2.37. The van der Waals surface area contributed by atoms with Crippen molar-refractivity contribution in [2.24, 2.45) is 0 Å². The fourth-order valence-electron chi connectivity index (χ4n) is 2.58. The first-order chi connectivity index (χ1) is 9.57. The van der Waals surface area contributed by atoms with E-state index in [-0.39, 0.29) is 11.2 Å². The molecule has 1 amide bonds. The summed E-state index contributed by atoms with van der Waals surface area (Å²) in [6, 6.07) is 5.81. The summed E-state index contributed by atoms with van der Waals surface area (Å²) >= 11 is 0. The van der Waals surface area contributed by atoms with Crippen molar-refractivity contribution < 1.29 is 13.2 Å². The van der Waals surface area contributed by atoms with E-state index in [1.165, 1.54) is 18.7 Å². The molecule has 4 nitrogen and oxygen atoms in total. The summed E-state index contributed by atoms with van der Waals surface area (Å²) in [5.41, 5.74) is 2.83. The molecule has 1 saturated carbocycles. The molecule has 1 fully saturated rings. The van der Waals surface area contributed by atoms with E-state index in [0.29, 0.717) is 12.8 Å². The van der Waals surface area contributed by atoms with E-state index in [0.717, 1.165) is 16.8 Å². The van der Waals surface area contributed by atoms with Gasteiger partial charge in [0.05, 0.1) is 5.25 Å². The molecule has 5 heteroatoms. The third kappa shape index (κ3) is 2.84. The van der Waals surface area contributed by atoms with Crippen LogP contribution >= 0.6 is 0 Å². The zero-order valence-corrected chi connectivity index (χ0v) is 14.1. The third-order valence-corrected chi connectivity index (χ3v) is 7.03. The lowest BCUT2D eigenvalue weighted by Crippen LogP contribution is -2.50. The van der Waals surface area contributed by atoms with E-state index in [4.69, 9.17) is 0 Å². The van der Waals surface area contributed by atoms with E-state index in [1.807, 2.05) is 32.0 Å². The maximum Gasteiger partial charge on any atom is 0.247 e. The van der Waals surface area contributed by atoms with Crippen LogP contribution in [-0.2, 0) is 14.6 Å². The summed E-state index contributed by atoms with van der Waals surface area (Å²) < 4.78 is 23.6. The van der Waals surface area contributed by atoms with Gasteiger partial charge in [-0.05, 0) is 63.8 Å². The predicted molar refractivity (Wildman–Crippen MR) is 85.3 cm³/mol. The zero-order valence-electron chi connectivity index (χ0n) is 13.3. The number of amides is 1. The molecule has 0 atom stereocenters. The molecule has 1 aliphatic carbocycles. The van der Waals surface area contributed by atoms with Crippen LogP contribution in [0.25, 0.3) is 0 Å². The Hall–Kier alpha value is -1.36. The Balaban J connectivity index is 2.34. The van der Waals surface area contributed by atoms with Crippen molar-refractivity contribution in [2.75, 3.05) is 11.9 Å². The van der Waals surface area contributed by atoms with Gasteiger partial charge in [0.2, 0.25) is 5.91 Å². The van der Waals surface area contributed by atoms with Crippen molar-refractivity contribution in [1.29, 1.82) is 0 Å². The van der Waals surface area contributed by atoms with Crippen molar-refractivity contribution in [3.63, 3.8) is 0 Å². The Labute approximate surface area is 127 Å². The van der Waals surface area contributed by atoms with Crippen LogP contribution < -0.4 is 4.90 Å². The minimum absolute atomic E-state index is 0.343. The van der Waals surface area contributed by atoms with Gasteiger partial charge in [0.1, 0.15) is 4.75 Å². The van der Waals surface area contributed by atoms with Crippen molar-refractivity contribution in [3.05, 3.63) is 29.3 Å². The third-order valence-electron chi connectivity index (χ3n) is 4.09. The molecule has 1 aromatic rings. The normalized spacial score (nSPS) is 15.9. The molecule has 0 aromatic heterocycles. The van der Waals surface area contributed by atoms with Gasteiger partial charge >= 0.3 is 0 Å². The highest BCUT2D eigenvalue weighted by molar-refractivity contribution is 7.94. The fourth-order valence-corrected chi connectivity index (χ4v) is 4.55. The highest BCUT2D eigenvalue weighted by Gasteiger charge is 2.51. The van der Waals surface area contributed by atoms with Gasteiger partial charge in [-0.1, -0.05) is 6.07 Å². The van der Waals surface area contributed by atoms with E-state index in [1.54, 1.807) is 7.05 Å². The minimum atomic E-state index is -3.43. The SMILES string of the molecule is Cc1cc(C)cc(N(C)C(=O)C(C)(C)S(=O)(=O)C2CC2)c1. The number of aryl methyl sites for hydroxylation is 2. The Morgan fingerprint density at radius 3 is 2.05 bits per heavy atom. The lowest BCUT2D eigenvalue weighted by Gasteiger charge is -2.29. The largest absolute Gasteiger partial charge is 0.314 e. The van der Waals surface area contributed by atoms with Crippen molar-refractivity contribution in [3.8, 4) is 0 Å². The van der Waals surface area contributed by atoms with Crippen molar-refractivity contribution in [1.82, 2.24) is 0 Å². The first-order valence-electron chi connectivity index (χ1n) is 7.17. The topological polar surface area (TPSA) is 54.5 Å². The average Bonchev–Trinajstić information content (AvgIpc) is 3.19. The molecule has 2 rings (SSSR count). The second-order valence-corrected chi connectivity index (χ2v) is 9.24. The molecule has 1 aromatic carbocycles. The maximum absolute atomic E-state index is 12.7. The van der Waals surface area contributed by atoms with Crippen LogP contribution in [0.15, 0.2) is 18.2 Å². The summed E-state index contributed by atoms with van der Waals surface area (Å²) in [6.45, 7) is 6.95. The summed E-state index contributed by atoms with van der Waals surface area (Å²) in [7, 11) is -1.79. The molecule has 0 spiro atoms. The van der Waals surface area contributed by atoms with Gasteiger partial charge in [-0.2, -0.15) is 0 Å². The minimum Gasteiger partial charge on any atom is -0.314 e. The van der Waals surface area contributed by atoms with Gasteiger partial charge in [0, 0.05) is 12.7 Å². The van der Waals surface area contributed by atoms with Gasteiger partial charge in [-0.3, -0.25) is 4.79 Å². The lowest BCUT2D eigenvalue weighted by atomic mass is 10.1. The summed E-state index contributed by atoms with van der Waals surface area (Å²) in [5, 5.41) is -0.343. The second kappa shape index (κ2) is 5.13. The first kappa shape index (κ1) is 16.0. The molecule has 0 saturated heterocycles. The van der Waals surface area contributed by atoms with E-state index < -0.39 is 14.6 Å². The van der Waals surface area contributed by atoms with Crippen LogP contribution in [-0.4, -0.2) is 31.4 Å². The standard InChI is InChI=1S/C16H23NO3S/c1-11-8-12(2)10-13(9-11)17(5)15(18)16(3,4)21(19,20)14-6-7-14/h8-10,14H,6-7H2,1-5H3. The molecule has 0 radical (unpaired) electrons. The molecule has 1 aliphatic rings. The van der Waals surface area contributed by atoms with Crippen LogP contribution in [0, 0.1) is 13.8 Å². The average molecular weight is 309 g/mol. The van der Waals surface area contributed by atoms with E-state index in [2.05, 4.69) is 0 Å². The number of benzene rings is 1. The van der Waals surface area contributed by atoms with Crippen molar-refractivity contribution >= 4 is 21.4 Å². The summed E-state index contributed by atoms with van der Waals surface area (Å²) in [6.07, 6.45) is 1.35. The van der Waals surface area contributed by atoms with Crippen LogP contribution in [0.2, 0.25) is 0 Å².